The van der Waals surface area contributed by atoms with Crippen molar-refractivity contribution in [2.75, 3.05) is 18.4 Å². The second-order valence-corrected chi connectivity index (χ2v) is 4.15. The topological polar surface area (TPSA) is 73.2 Å². The molecule has 5 heteroatoms. The Morgan fingerprint density at radius 3 is 2.72 bits per heavy atom. The van der Waals surface area contributed by atoms with Crippen molar-refractivity contribution >= 4 is 17.5 Å². The van der Waals surface area contributed by atoms with Gasteiger partial charge in [0.2, 0.25) is 0 Å². The molecule has 5 nitrogen and oxygen atoms in total. The number of amides is 2. The molecule has 1 heterocycles. The van der Waals surface area contributed by atoms with Crippen molar-refractivity contribution in [1.82, 2.24) is 4.90 Å². The SMILES string of the molecule is N#Cc1cccc(NC(=O)N2CCC(=O)CC2)c1. The third kappa shape index (κ3) is 2.86. The summed E-state index contributed by atoms with van der Waals surface area (Å²) in [5, 5.41) is 11.5. The van der Waals surface area contributed by atoms with Gasteiger partial charge in [0, 0.05) is 31.6 Å². The average molecular weight is 243 g/mol. The second kappa shape index (κ2) is 5.32. The summed E-state index contributed by atoms with van der Waals surface area (Å²) in [5.41, 5.74) is 1.09. The number of carbonyl (C=O) groups excluding carboxylic acids is 2. The standard InChI is InChI=1S/C13H13N3O2/c14-9-10-2-1-3-11(8-10)15-13(18)16-6-4-12(17)5-7-16/h1-3,8H,4-7H2,(H,15,18). The number of urea groups is 1. The number of rotatable bonds is 1. The third-order valence-electron chi connectivity index (χ3n) is 2.85. The minimum Gasteiger partial charge on any atom is -0.324 e. The molecule has 18 heavy (non-hydrogen) atoms. The van der Waals surface area contributed by atoms with Crippen LogP contribution in [-0.4, -0.2) is 29.8 Å². The van der Waals surface area contributed by atoms with E-state index < -0.39 is 0 Å². The number of hydrogen-bond donors (Lipinski definition) is 1. The van der Waals surface area contributed by atoms with Crippen molar-refractivity contribution in [2.45, 2.75) is 12.8 Å². The van der Waals surface area contributed by atoms with Gasteiger partial charge in [-0.3, -0.25) is 4.79 Å². The molecule has 1 N–H and O–H groups in total. The van der Waals surface area contributed by atoms with E-state index in [4.69, 9.17) is 5.26 Å². The average Bonchev–Trinajstić information content (AvgIpc) is 2.39. The fourth-order valence-electron chi connectivity index (χ4n) is 1.83. The molecular weight excluding hydrogens is 230 g/mol. The fraction of sp³-hybridized carbons (Fsp3) is 0.308. The van der Waals surface area contributed by atoms with Gasteiger partial charge >= 0.3 is 6.03 Å². The minimum absolute atomic E-state index is 0.200. The molecule has 0 aromatic heterocycles. The van der Waals surface area contributed by atoms with Crippen molar-refractivity contribution in [2.24, 2.45) is 0 Å². The first-order valence-corrected chi connectivity index (χ1v) is 5.77. The van der Waals surface area contributed by atoms with E-state index in [1.54, 1.807) is 29.2 Å². The molecule has 2 rings (SSSR count). The number of hydrogen-bond acceptors (Lipinski definition) is 3. The number of ketones is 1. The highest BCUT2D eigenvalue weighted by atomic mass is 16.2. The highest BCUT2D eigenvalue weighted by Gasteiger charge is 2.20. The van der Waals surface area contributed by atoms with Gasteiger partial charge in [-0.2, -0.15) is 5.26 Å². The predicted molar refractivity (Wildman–Crippen MR) is 66.0 cm³/mol. The van der Waals surface area contributed by atoms with E-state index in [0.29, 0.717) is 37.2 Å². The van der Waals surface area contributed by atoms with Crippen LogP contribution in [0.15, 0.2) is 24.3 Å². The lowest BCUT2D eigenvalue weighted by molar-refractivity contribution is -0.120. The number of anilines is 1. The molecule has 92 valence electrons. The summed E-state index contributed by atoms with van der Waals surface area (Å²) in [4.78, 5) is 24.6. The van der Waals surface area contributed by atoms with Crippen LogP contribution < -0.4 is 5.32 Å². The monoisotopic (exact) mass is 243 g/mol. The van der Waals surface area contributed by atoms with Gasteiger partial charge in [-0.05, 0) is 18.2 Å². The van der Waals surface area contributed by atoms with E-state index >= 15 is 0 Å². The number of nitriles is 1. The first kappa shape index (κ1) is 12.1. The van der Waals surface area contributed by atoms with Crippen LogP contribution >= 0.6 is 0 Å². The van der Waals surface area contributed by atoms with Gasteiger partial charge in [0.15, 0.2) is 0 Å². The lowest BCUT2D eigenvalue weighted by Gasteiger charge is -2.26. The van der Waals surface area contributed by atoms with Crippen LogP contribution in [0.2, 0.25) is 0 Å². The summed E-state index contributed by atoms with van der Waals surface area (Å²) in [6.45, 7) is 0.922. The number of carbonyl (C=O) groups is 2. The second-order valence-electron chi connectivity index (χ2n) is 4.15. The molecule has 1 aliphatic rings. The molecule has 0 spiro atoms. The Hall–Kier alpha value is -2.35. The smallest absolute Gasteiger partial charge is 0.321 e. The molecule has 1 aromatic rings. The third-order valence-corrected chi connectivity index (χ3v) is 2.85. The number of nitrogens with one attached hydrogen (secondary N) is 1. The number of benzene rings is 1. The molecule has 2 amide bonds. The zero-order valence-corrected chi connectivity index (χ0v) is 9.85. The summed E-state index contributed by atoms with van der Waals surface area (Å²) in [6.07, 6.45) is 0.845. The molecule has 1 aromatic carbocycles. The van der Waals surface area contributed by atoms with Gasteiger partial charge < -0.3 is 10.2 Å². The van der Waals surface area contributed by atoms with E-state index in [-0.39, 0.29) is 11.8 Å². The number of Topliss-reactive ketones (excluding diaryl/α,β-unsaturated/α-hetero) is 1. The molecular formula is C13H13N3O2. The maximum absolute atomic E-state index is 11.9. The molecule has 0 aliphatic carbocycles. The van der Waals surface area contributed by atoms with Crippen LogP contribution in [0.5, 0.6) is 0 Å². The Morgan fingerprint density at radius 2 is 2.06 bits per heavy atom. The maximum atomic E-state index is 11.9. The van der Waals surface area contributed by atoms with Gasteiger partial charge in [0.1, 0.15) is 5.78 Å². The molecule has 1 fully saturated rings. The van der Waals surface area contributed by atoms with Gasteiger partial charge in [-0.25, -0.2) is 4.79 Å². The lowest BCUT2D eigenvalue weighted by atomic mass is 10.1. The van der Waals surface area contributed by atoms with Crippen molar-refractivity contribution in [3.63, 3.8) is 0 Å². The normalized spacial score (nSPS) is 15.1. The largest absolute Gasteiger partial charge is 0.324 e. The van der Waals surface area contributed by atoms with Gasteiger partial charge in [0.05, 0.1) is 11.6 Å². The quantitative estimate of drug-likeness (QED) is 0.816. The molecule has 1 aliphatic heterocycles. The summed E-state index contributed by atoms with van der Waals surface area (Å²) >= 11 is 0. The zero-order valence-electron chi connectivity index (χ0n) is 9.85. The molecule has 0 saturated carbocycles. The molecule has 1 saturated heterocycles. The Labute approximate surface area is 105 Å². The Balaban J connectivity index is 1.98. The highest BCUT2D eigenvalue weighted by Crippen LogP contribution is 2.12. The zero-order chi connectivity index (χ0) is 13.0. The number of nitrogens with zero attached hydrogens (tertiary/aromatic N) is 2. The summed E-state index contributed by atoms with van der Waals surface area (Å²) < 4.78 is 0. The minimum atomic E-state index is -0.224. The molecule has 0 atom stereocenters. The van der Waals surface area contributed by atoms with Crippen LogP contribution in [-0.2, 0) is 4.79 Å². The summed E-state index contributed by atoms with van der Waals surface area (Å²) in [5.74, 6) is 0.200. The number of piperidine rings is 1. The van der Waals surface area contributed by atoms with E-state index in [2.05, 4.69) is 5.32 Å². The van der Waals surface area contributed by atoms with Gasteiger partial charge in [-0.15, -0.1) is 0 Å². The van der Waals surface area contributed by atoms with E-state index in [0.717, 1.165) is 0 Å². The van der Waals surface area contributed by atoms with Crippen molar-refractivity contribution in [3.05, 3.63) is 29.8 Å². The number of likely N-dealkylation sites (tertiary alicyclic amines) is 1. The highest BCUT2D eigenvalue weighted by molar-refractivity contribution is 5.91. The van der Waals surface area contributed by atoms with Gasteiger partial charge in [-0.1, -0.05) is 6.07 Å². The van der Waals surface area contributed by atoms with Crippen LogP contribution in [0.3, 0.4) is 0 Å². The van der Waals surface area contributed by atoms with E-state index in [1.165, 1.54) is 0 Å². The van der Waals surface area contributed by atoms with Crippen LogP contribution in [0.1, 0.15) is 18.4 Å². The molecule has 0 radical (unpaired) electrons. The molecule has 0 bridgehead atoms. The fourth-order valence-corrected chi connectivity index (χ4v) is 1.83. The Kier molecular flexibility index (Phi) is 3.58. The van der Waals surface area contributed by atoms with Crippen LogP contribution in [0.4, 0.5) is 10.5 Å². The van der Waals surface area contributed by atoms with Crippen molar-refractivity contribution < 1.29 is 9.59 Å². The van der Waals surface area contributed by atoms with Crippen LogP contribution in [0.25, 0.3) is 0 Å². The Bertz CT molecular complexity index is 509. The summed E-state index contributed by atoms with van der Waals surface area (Å²) in [7, 11) is 0. The Morgan fingerprint density at radius 1 is 1.33 bits per heavy atom. The van der Waals surface area contributed by atoms with Gasteiger partial charge in [0.25, 0.3) is 0 Å². The maximum Gasteiger partial charge on any atom is 0.321 e. The van der Waals surface area contributed by atoms with E-state index in [9.17, 15) is 9.59 Å². The summed E-state index contributed by atoms with van der Waals surface area (Å²) in [6, 6.07) is 8.53. The van der Waals surface area contributed by atoms with Crippen molar-refractivity contribution in [3.8, 4) is 6.07 Å². The lowest BCUT2D eigenvalue weighted by Crippen LogP contribution is -2.41. The van der Waals surface area contributed by atoms with E-state index in [1.807, 2.05) is 6.07 Å². The van der Waals surface area contributed by atoms with Crippen molar-refractivity contribution in [1.29, 1.82) is 5.26 Å². The predicted octanol–water partition coefficient (Wildman–Crippen LogP) is 1.76. The first-order chi connectivity index (χ1) is 8.69. The molecule has 0 unspecified atom stereocenters. The first-order valence-electron chi connectivity index (χ1n) is 5.77. The van der Waals surface area contributed by atoms with Crippen LogP contribution in [0, 0.1) is 11.3 Å².